The van der Waals surface area contributed by atoms with Gasteiger partial charge in [0.15, 0.2) is 0 Å². The molecule has 6 nitrogen and oxygen atoms in total. The lowest BCUT2D eigenvalue weighted by Crippen LogP contribution is -2.47. The maximum atomic E-state index is 6.28. The first-order valence-corrected chi connectivity index (χ1v) is 11.6. The summed E-state index contributed by atoms with van der Waals surface area (Å²) in [5, 5.41) is 3.64. The number of hydrogen-bond donors (Lipinski definition) is 1. The molecule has 0 amide bonds. The minimum Gasteiger partial charge on any atom is -0.368 e. The van der Waals surface area contributed by atoms with E-state index in [1.807, 2.05) is 6.07 Å². The van der Waals surface area contributed by atoms with Crippen molar-refractivity contribution in [3.63, 3.8) is 0 Å². The summed E-state index contributed by atoms with van der Waals surface area (Å²) in [4.78, 5) is 20.9. The Morgan fingerprint density at radius 1 is 1.16 bits per heavy atom. The Kier molecular flexibility index (Phi) is 5.20. The van der Waals surface area contributed by atoms with E-state index in [2.05, 4.69) is 64.4 Å². The number of aliphatic imine (C=N–C) groups is 1. The van der Waals surface area contributed by atoms with E-state index >= 15 is 0 Å². The van der Waals surface area contributed by atoms with Crippen LogP contribution in [0.25, 0.3) is 11.3 Å². The van der Waals surface area contributed by atoms with E-state index in [1.165, 1.54) is 18.4 Å². The summed E-state index contributed by atoms with van der Waals surface area (Å²) in [6.45, 7) is 3.88. The number of aromatic nitrogens is 2. The number of hydroxylamine groups is 2. The molecule has 1 aliphatic heterocycles. The third-order valence-electron chi connectivity index (χ3n) is 6.05. The van der Waals surface area contributed by atoms with Gasteiger partial charge in [-0.3, -0.25) is 4.84 Å². The molecule has 0 bridgehead atoms. The van der Waals surface area contributed by atoms with Crippen LogP contribution >= 0.6 is 11.3 Å². The molecule has 3 aromatic rings. The summed E-state index contributed by atoms with van der Waals surface area (Å²) in [5.41, 5.74) is 10.5. The van der Waals surface area contributed by atoms with Crippen LogP contribution in [0.2, 0.25) is 0 Å². The third-order valence-corrected chi connectivity index (χ3v) is 7.20. The second kappa shape index (κ2) is 8.05. The van der Waals surface area contributed by atoms with Crippen molar-refractivity contribution in [1.82, 2.24) is 15.0 Å². The monoisotopic (exact) mass is 443 g/mol. The fraction of sp³-hybridized carbons (Fsp3) is 0.320. The van der Waals surface area contributed by atoms with Crippen LogP contribution in [0.4, 0.5) is 0 Å². The largest absolute Gasteiger partial charge is 0.368 e. The summed E-state index contributed by atoms with van der Waals surface area (Å²) in [5.74, 6) is 6.95. The van der Waals surface area contributed by atoms with Crippen molar-refractivity contribution in [2.75, 3.05) is 7.05 Å². The van der Waals surface area contributed by atoms with Crippen LogP contribution in [0.3, 0.4) is 0 Å². The molecule has 2 aromatic heterocycles. The molecule has 0 unspecified atom stereocenters. The molecule has 0 spiro atoms. The molecule has 3 heterocycles. The van der Waals surface area contributed by atoms with Gasteiger partial charge in [0.25, 0.3) is 0 Å². The first-order chi connectivity index (χ1) is 15.5. The minimum atomic E-state index is -0.667. The van der Waals surface area contributed by atoms with Crippen molar-refractivity contribution < 1.29 is 4.84 Å². The summed E-state index contributed by atoms with van der Waals surface area (Å²) in [7, 11) is 1.79. The number of rotatable bonds is 4. The van der Waals surface area contributed by atoms with Gasteiger partial charge in [-0.25, -0.2) is 20.0 Å². The zero-order valence-corrected chi connectivity index (χ0v) is 19.2. The van der Waals surface area contributed by atoms with Crippen LogP contribution in [0.15, 0.2) is 53.1 Å². The Morgan fingerprint density at radius 3 is 2.62 bits per heavy atom. The van der Waals surface area contributed by atoms with Gasteiger partial charge in [-0.1, -0.05) is 30.2 Å². The number of benzene rings is 1. The van der Waals surface area contributed by atoms with E-state index < -0.39 is 5.54 Å². The Morgan fingerprint density at radius 2 is 1.91 bits per heavy atom. The van der Waals surface area contributed by atoms with E-state index in [1.54, 1.807) is 36.7 Å². The van der Waals surface area contributed by atoms with Gasteiger partial charge in [0.1, 0.15) is 23.7 Å². The maximum Gasteiger partial charge on any atom is 0.216 e. The molecule has 2 aliphatic rings. The lowest BCUT2D eigenvalue weighted by molar-refractivity contribution is -0.171. The Labute approximate surface area is 192 Å². The summed E-state index contributed by atoms with van der Waals surface area (Å²) >= 11 is 1.63. The molecule has 5 rings (SSSR count). The highest BCUT2D eigenvalue weighted by Gasteiger charge is 2.44. The molecular weight excluding hydrogens is 418 g/mol. The third kappa shape index (κ3) is 3.77. The predicted molar refractivity (Wildman–Crippen MR) is 127 cm³/mol. The van der Waals surface area contributed by atoms with E-state index in [0.717, 1.165) is 21.7 Å². The van der Waals surface area contributed by atoms with Gasteiger partial charge in [0.2, 0.25) is 5.96 Å². The van der Waals surface area contributed by atoms with Gasteiger partial charge in [-0.15, -0.1) is 11.3 Å². The van der Waals surface area contributed by atoms with Gasteiger partial charge in [-0.2, -0.15) is 0 Å². The summed E-state index contributed by atoms with van der Waals surface area (Å²) in [6.07, 6.45) is 3.82. The van der Waals surface area contributed by atoms with Crippen LogP contribution in [-0.4, -0.2) is 28.0 Å². The SMILES string of the molecule is CC#Cc1cc(-c2csc([C@@]3(C)N=C(N)N(C)O[C@@H]3c3ccc(C4CC4)cc3)c2)ncn1. The fourth-order valence-electron chi connectivity index (χ4n) is 4.06. The van der Waals surface area contributed by atoms with Crippen molar-refractivity contribution in [3.8, 4) is 23.1 Å². The molecule has 0 radical (unpaired) electrons. The fourth-order valence-corrected chi connectivity index (χ4v) is 5.09. The minimum absolute atomic E-state index is 0.300. The molecule has 0 saturated heterocycles. The number of thiophene rings is 1. The van der Waals surface area contributed by atoms with E-state index in [4.69, 9.17) is 15.6 Å². The quantitative estimate of drug-likeness (QED) is 0.596. The van der Waals surface area contributed by atoms with Crippen molar-refractivity contribution in [2.45, 2.75) is 44.2 Å². The van der Waals surface area contributed by atoms with Gasteiger partial charge in [0, 0.05) is 22.9 Å². The molecule has 1 saturated carbocycles. The Hall–Kier alpha value is -3.21. The summed E-state index contributed by atoms with van der Waals surface area (Å²) in [6, 6.07) is 12.8. The molecular formula is C25H25N5OS. The Balaban J connectivity index is 1.53. The average Bonchev–Trinajstić information content (AvgIpc) is 3.52. The standard InChI is InChI=1S/C25H25N5OS/c1-4-5-20-13-21(28-15-27-20)19-12-22(32-14-19)25(2)23(31-30(3)24(26)29-25)18-10-8-17(9-11-18)16-6-7-16/h8-16,23H,6-7H2,1-3H3,(H2,26,29)/t23-,25-/m1/s1. The van der Waals surface area contributed by atoms with Crippen LogP contribution in [0, 0.1) is 11.8 Å². The number of nitrogens with two attached hydrogens (primary N) is 1. The van der Waals surface area contributed by atoms with Crippen molar-refractivity contribution in [3.05, 3.63) is 69.8 Å². The molecule has 1 aromatic carbocycles. The molecule has 1 fully saturated rings. The van der Waals surface area contributed by atoms with Crippen LogP contribution < -0.4 is 5.73 Å². The predicted octanol–water partition coefficient (Wildman–Crippen LogP) is 4.60. The zero-order valence-electron chi connectivity index (χ0n) is 18.4. The van der Waals surface area contributed by atoms with Gasteiger partial charge >= 0.3 is 0 Å². The smallest absolute Gasteiger partial charge is 0.216 e. The molecule has 2 N–H and O–H groups in total. The average molecular weight is 444 g/mol. The van der Waals surface area contributed by atoms with Crippen LogP contribution in [-0.2, 0) is 10.4 Å². The number of hydrogen-bond acceptors (Lipinski definition) is 7. The molecule has 162 valence electrons. The molecule has 32 heavy (non-hydrogen) atoms. The highest BCUT2D eigenvalue weighted by atomic mass is 32.1. The lowest BCUT2D eigenvalue weighted by atomic mass is 9.87. The first-order valence-electron chi connectivity index (χ1n) is 10.7. The zero-order chi connectivity index (χ0) is 22.3. The summed E-state index contributed by atoms with van der Waals surface area (Å²) < 4.78 is 0. The maximum absolute atomic E-state index is 6.28. The number of nitrogens with zero attached hydrogens (tertiary/aromatic N) is 4. The van der Waals surface area contributed by atoms with Crippen molar-refractivity contribution >= 4 is 17.3 Å². The second-order valence-corrected chi connectivity index (χ2v) is 9.32. The van der Waals surface area contributed by atoms with Crippen LogP contribution in [0.5, 0.6) is 0 Å². The molecule has 7 heteroatoms. The highest BCUT2D eigenvalue weighted by molar-refractivity contribution is 7.10. The van der Waals surface area contributed by atoms with E-state index in [0.29, 0.717) is 17.6 Å². The second-order valence-electron chi connectivity index (χ2n) is 8.40. The van der Waals surface area contributed by atoms with Gasteiger partial charge in [-0.05, 0) is 61.8 Å². The van der Waals surface area contributed by atoms with Gasteiger partial charge in [0.05, 0.1) is 5.69 Å². The van der Waals surface area contributed by atoms with E-state index in [9.17, 15) is 0 Å². The lowest BCUT2D eigenvalue weighted by Gasteiger charge is -2.40. The van der Waals surface area contributed by atoms with Gasteiger partial charge < -0.3 is 5.73 Å². The van der Waals surface area contributed by atoms with Crippen molar-refractivity contribution in [1.29, 1.82) is 0 Å². The van der Waals surface area contributed by atoms with Crippen LogP contribution in [0.1, 0.15) is 60.4 Å². The number of guanidine groups is 1. The molecule has 1 aliphatic carbocycles. The highest BCUT2D eigenvalue weighted by Crippen LogP contribution is 2.47. The normalized spacial score (nSPS) is 22.8. The molecule has 2 atom stereocenters. The topological polar surface area (TPSA) is 76.6 Å². The Bertz CT molecular complexity index is 1230. The first kappa shape index (κ1) is 20.7. The van der Waals surface area contributed by atoms with Crippen molar-refractivity contribution in [2.24, 2.45) is 10.7 Å². The van der Waals surface area contributed by atoms with E-state index in [-0.39, 0.29) is 6.10 Å².